The van der Waals surface area contributed by atoms with Crippen molar-refractivity contribution < 1.29 is 9.90 Å². The Morgan fingerprint density at radius 2 is 2.12 bits per heavy atom. The van der Waals surface area contributed by atoms with E-state index in [1.54, 1.807) is 0 Å². The SMILES string of the molecule is CCC1CCC(C)N1CC(NC1CC1)C(=O)O. The lowest BCUT2D eigenvalue weighted by Gasteiger charge is -2.30. The number of hydrogen-bond acceptors (Lipinski definition) is 3. The lowest BCUT2D eigenvalue weighted by Crippen LogP contribution is -2.49. The minimum Gasteiger partial charge on any atom is -0.480 e. The fourth-order valence-corrected chi connectivity index (χ4v) is 2.84. The van der Waals surface area contributed by atoms with Crippen molar-refractivity contribution in [3.05, 3.63) is 0 Å². The highest BCUT2D eigenvalue weighted by molar-refractivity contribution is 5.73. The van der Waals surface area contributed by atoms with Crippen LogP contribution >= 0.6 is 0 Å². The molecular weight excluding hydrogens is 216 g/mol. The minimum absolute atomic E-state index is 0.392. The normalized spacial score (nSPS) is 31.6. The molecule has 0 bridgehead atoms. The van der Waals surface area contributed by atoms with E-state index in [9.17, 15) is 9.90 Å². The maximum Gasteiger partial charge on any atom is 0.322 e. The first kappa shape index (κ1) is 12.8. The predicted octanol–water partition coefficient (Wildman–Crippen LogP) is 1.45. The van der Waals surface area contributed by atoms with Gasteiger partial charge in [-0.2, -0.15) is 0 Å². The van der Waals surface area contributed by atoms with Gasteiger partial charge in [0.25, 0.3) is 0 Å². The number of likely N-dealkylation sites (tertiary alicyclic amines) is 1. The Hall–Kier alpha value is -0.610. The van der Waals surface area contributed by atoms with E-state index in [-0.39, 0.29) is 0 Å². The monoisotopic (exact) mass is 240 g/mol. The molecular formula is C13H24N2O2. The Balaban J connectivity index is 1.92. The van der Waals surface area contributed by atoms with E-state index in [1.165, 1.54) is 12.8 Å². The number of rotatable bonds is 6. The van der Waals surface area contributed by atoms with Crippen LogP contribution in [0.3, 0.4) is 0 Å². The lowest BCUT2D eigenvalue weighted by atomic mass is 10.1. The van der Waals surface area contributed by atoms with Crippen LogP contribution in [-0.2, 0) is 4.79 Å². The van der Waals surface area contributed by atoms with Crippen LogP contribution in [0.1, 0.15) is 46.0 Å². The summed E-state index contributed by atoms with van der Waals surface area (Å²) in [4.78, 5) is 13.6. The van der Waals surface area contributed by atoms with E-state index in [2.05, 4.69) is 24.1 Å². The van der Waals surface area contributed by atoms with Gasteiger partial charge in [0.2, 0.25) is 0 Å². The predicted molar refractivity (Wildman–Crippen MR) is 67.1 cm³/mol. The van der Waals surface area contributed by atoms with Gasteiger partial charge >= 0.3 is 5.97 Å². The highest BCUT2D eigenvalue weighted by Crippen LogP contribution is 2.26. The van der Waals surface area contributed by atoms with Crippen molar-refractivity contribution >= 4 is 5.97 Å². The van der Waals surface area contributed by atoms with Gasteiger partial charge < -0.3 is 10.4 Å². The van der Waals surface area contributed by atoms with Crippen LogP contribution < -0.4 is 5.32 Å². The summed E-state index contributed by atoms with van der Waals surface area (Å²) in [6.07, 6.45) is 5.81. The van der Waals surface area contributed by atoms with Gasteiger partial charge in [-0.05, 0) is 39.0 Å². The Morgan fingerprint density at radius 1 is 1.41 bits per heavy atom. The van der Waals surface area contributed by atoms with E-state index in [0.29, 0.717) is 24.7 Å². The topological polar surface area (TPSA) is 52.6 Å². The molecule has 0 aromatic rings. The molecule has 2 fully saturated rings. The summed E-state index contributed by atoms with van der Waals surface area (Å²) < 4.78 is 0. The molecule has 1 aliphatic heterocycles. The molecule has 1 saturated heterocycles. The van der Waals surface area contributed by atoms with Gasteiger partial charge in [-0.1, -0.05) is 6.92 Å². The highest BCUT2D eigenvalue weighted by Gasteiger charge is 2.35. The van der Waals surface area contributed by atoms with E-state index in [1.807, 2.05) is 0 Å². The molecule has 0 spiro atoms. The minimum atomic E-state index is -0.703. The molecule has 0 amide bonds. The number of nitrogens with one attached hydrogen (secondary N) is 1. The summed E-state index contributed by atoms with van der Waals surface area (Å²) in [7, 11) is 0. The second-order valence-corrected chi connectivity index (χ2v) is 5.52. The quantitative estimate of drug-likeness (QED) is 0.738. The summed E-state index contributed by atoms with van der Waals surface area (Å²) in [6.45, 7) is 5.07. The summed E-state index contributed by atoms with van der Waals surface area (Å²) in [5.74, 6) is -0.703. The second kappa shape index (κ2) is 5.36. The van der Waals surface area contributed by atoms with Gasteiger partial charge in [0, 0.05) is 24.7 Å². The van der Waals surface area contributed by atoms with Gasteiger partial charge in [0.15, 0.2) is 0 Å². The zero-order chi connectivity index (χ0) is 12.4. The van der Waals surface area contributed by atoms with Gasteiger partial charge in [0.05, 0.1) is 0 Å². The molecule has 3 atom stereocenters. The van der Waals surface area contributed by atoms with Crippen LogP contribution in [-0.4, -0.2) is 46.7 Å². The Kier molecular flexibility index (Phi) is 4.05. The van der Waals surface area contributed by atoms with Crippen LogP contribution in [0, 0.1) is 0 Å². The molecule has 3 unspecified atom stereocenters. The third-order valence-electron chi connectivity index (χ3n) is 4.13. The van der Waals surface area contributed by atoms with Crippen molar-refractivity contribution in [1.82, 2.24) is 10.2 Å². The molecule has 0 radical (unpaired) electrons. The summed E-state index contributed by atoms with van der Waals surface area (Å²) in [5, 5.41) is 12.5. The highest BCUT2D eigenvalue weighted by atomic mass is 16.4. The standard InChI is InChI=1S/C13H24N2O2/c1-3-11-7-4-9(2)15(11)8-12(13(16)17)14-10-5-6-10/h9-12,14H,3-8H2,1-2H3,(H,16,17). The fourth-order valence-electron chi connectivity index (χ4n) is 2.84. The number of carboxylic acid groups (broad SMARTS) is 1. The summed E-state index contributed by atoms with van der Waals surface area (Å²) >= 11 is 0. The van der Waals surface area contributed by atoms with Crippen LogP contribution in [0.4, 0.5) is 0 Å². The Morgan fingerprint density at radius 3 is 2.65 bits per heavy atom. The van der Waals surface area contributed by atoms with E-state index >= 15 is 0 Å². The molecule has 1 heterocycles. The first-order valence-corrected chi connectivity index (χ1v) is 6.86. The fraction of sp³-hybridized carbons (Fsp3) is 0.923. The van der Waals surface area contributed by atoms with E-state index in [4.69, 9.17) is 0 Å². The summed E-state index contributed by atoms with van der Waals surface area (Å²) in [5.41, 5.74) is 0. The molecule has 2 N–H and O–H groups in total. The molecule has 0 aromatic heterocycles. The van der Waals surface area contributed by atoms with Crippen LogP contribution in [0.25, 0.3) is 0 Å². The van der Waals surface area contributed by atoms with Crippen molar-refractivity contribution in [2.45, 2.75) is 70.1 Å². The molecule has 4 nitrogen and oxygen atoms in total. The second-order valence-electron chi connectivity index (χ2n) is 5.52. The Labute approximate surface area is 103 Å². The van der Waals surface area contributed by atoms with Crippen molar-refractivity contribution in [3.63, 3.8) is 0 Å². The zero-order valence-electron chi connectivity index (χ0n) is 10.9. The van der Waals surface area contributed by atoms with Crippen molar-refractivity contribution in [3.8, 4) is 0 Å². The molecule has 98 valence electrons. The van der Waals surface area contributed by atoms with Crippen LogP contribution in [0.15, 0.2) is 0 Å². The van der Waals surface area contributed by atoms with Crippen molar-refractivity contribution in [1.29, 1.82) is 0 Å². The maximum absolute atomic E-state index is 11.3. The number of nitrogens with zero attached hydrogens (tertiary/aromatic N) is 1. The van der Waals surface area contributed by atoms with Gasteiger partial charge in [-0.15, -0.1) is 0 Å². The molecule has 2 rings (SSSR count). The number of hydrogen-bond donors (Lipinski definition) is 2. The van der Waals surface area contributed by atoms with Crippen molar-refractivity contribution in [2.24, 2.45) is 0 Å². The molecule has 1 saturated carbocycles. The van der Waals surface area contributed by atoms with E-state index in [0.717, 1.165) is 19.3 Å². The molecule has 17 heavy (non-hydrogen) atoms. The largest absolute Gasteiger partial charge is 0.480 e. The number of aliphatic carboxylic acids is 1. The van der Waals surface area contributed by atoms with Gasteiger partial charge in [0.1, 0.15) is 6.04 Å². The average Bonchev–Trinajstić information content (AvgIpc) is 3.03. The third kappa shape index (κ3) is 3.19. The first-order chi connectivity index (χ1) is 8.11. The van der Waals surface area contributed by atoms with Crippen LogP contribution in [0.2, 0.25) is 0 Å². The summed E-state index contributed by atoms with van der Waals surface area (Å²) in [6, 6.07) is 1.17. The molecule has 1 aliphatic carbocycles. The van der Waals surface area contributed by atoms with Crippen molar-refractivity contribution in [2.75, 3.05) is 6.54 Å². The maximum atomic E-state index is 11.3. The number of carbonyl (C=O) groups is 1. The molecule has 2 aliphatic rings. The first-order valence-electron chi connectivity index (χ1n) is 6.86. The Bertz CT molecular complexity index is 279. The third-order valence-corrected chi connectivity index (χ3v) is 4.13. The smallest absolute Gasteiger partial charge is 0.322 e. The van der Waals surface area contributed by atoms with Gasteiger partial charge in [-0.3, -0.25) is 9.69 Å². The van der Waals surface area contributed by atoms with Gasteiger partial charge in [-0.25, -0.2) is 0 Å². The average molecular weight is 240 g/mol. The lowest BCUT2D eigenvalue weighted by molar-refractivity contribution is -0.140. The number of carboxylic acids is 1. The van der Waals surface area contributed by atoms with E-state index < -0.39 is 12.0 Å². The molecule has 4 heteroatoms. The zero-order valence-corrected chi connectivity index (χ0v) is 10.9. The molecule has 0 aromatic carbocycles. The van der Waals surface area contributed by atoms with Crippen LogP contribution in [0.5, 0.6) is 0 Å².